The summed E-state index contributed by atoms with van der Waals surface area (Å²) in [6.07, 6.45) is 0.553. The first-order valence-corrected chi connectivity index (χ1v) is 5.53. The van der Waals surface area contributed by atoms with Gasteiger partial charge >= 0.3 is 0 Å². The summed E-state index contributed by atoms with van der Waals surface area (Å²) in [4.78, 5) is 2.13. The smallest absolute Gasteiger partial charge is 0.0635 e. The fraction of sp³-hybridized carbons (Fsp3) is 0.500. The van der Waals surface area contributed by atoms with Crippen LogP contribution in [0.4, 0.5) is 0 Å². The van der Waals surface area contributed by atoms with E-state index >= 15 is 0 Å². The summed E-state index contributed by atoms with van der Waals surface area (Å²) in [5, 5.41) is 12.7. The van der Waals surface area contributed by atoms with Crippen LogP contribution in [-0.4, -0.2) is 25.0 Å². The van der Waals surface area contributed by atoms with Crippen LogP contribution in [0.1, 0.15) is 18.0 Å². The molecule has 0 fully saturated rings. The lowest BCUT2D eigenvalue weighted by molar-refractivity contribution is 0.256. The monoisotopic (exact) mass is 209 g/mol. The van der Waals surface area contributed by atoms with E-state index in [0.717, 1.165) is 6.54 Å². The molecule has 0 aromatic carbocycles. The van der Waals surface area contributed by atoms with Crippen molar-refractivity contribution in [2.75, 3.05) is 20.1 Å². The minimum Gasteiger partial charge on any atom is -0.329 e. The molecule has 3 nitrogen and oxygen atoms in total. The molecular formula is C10H15N3S. The Kier molecular flexibility index (Phi) is 4.60. The second kappa shape index (κ2) is 5.76. The molecule has 0 aliphatic heterocycles. The highest BCUT2D eigenvalue weighted by Gasteiger charge is 2.14. The standard InChI is InChI=1S/C10H15N3S/c1-13(5-2-4-11)10(7-12)9-3-6-14-8-9/h3,6,8,10H,2,5,7,12H2,1H3. The third-order valence-electron chi connectivity index (χ3n) is 2.26. The molecule has 1 aromatic rings. The summed E-state index contributed by atoms with van der Waals surface area (Å²) in [6.45, 7) is 1.37. The van der Waals surface area contributed by atoms with Gasteiger partial charge in [-0.3, -0.25) is 4.90 Å². The SMILES string of the molecule is CN(CCC#N)C(CN)c1ccsc1. The molecule has 0 aliphatic rings. The average molecular weight is 209 g/mol. The molecule has 1 unspecified atom stereocenters. The summed E-state index contributed by atoms with van der Waals surface area (Å²) < 4.78 is 0. The average Bonchev–Trinajstić information content (AvgIpc) is 2.69. The number of thiophene rings is 1. The molecule has 1 rings (SSSR count). The van der Waals surface area contributed by atoms with Gasteiger partial charge in [-0.15, -0.1) is 0 Å². The Morgan fingerprint density at radius 1 is 1.71 bits per heavy atom. The Balaban J connectivity index is 2.58. The highest BCUT2D eigenvalue weighted by atomic mass is 32.1. The maximum Gasteiger partial charge on any atom is 0.0635 e. The molecule has 1 heterocycles. The van der Waals surface area contributed by atoms with E-state index < -0.39 is 0 Å². The lowest BCUT2D eigenvalue weighted by Gasteiger charge is -2.25. The Morgan fingerprint density at radius 3 is 3.00 bits per heavy atom. The summed E-state index contributed by atoms with van der Waals surface area (Å²) in [5.41, 5.74) is 6.96. The summed E-state index contributed by atoms with van der Waals surface area (Å²) in [5.74, 6) is 0. The number of nitrogens with zero attached hydrogens (tertiary/aromatic N) is 2. The molecule has 1 aromatic heterocycles. The van der Waals surface area contributed by atoms with Crippen LogP contribution in [-0.2, 0) is 0 Å². The summed E-state index contributed by atoms with van der Waals surface area (Å²) >= 11 is 1.68. The van der Waals surface area contributed by atoms with Crippen molar-refractivity contribution in [3.8, 4) is 6.07 Å². The predicted octanol–water partition coefficient (Wildman–Crippen LogP) is 1.59. The van der Waals surface area contributed by atoms with Crippen molar-refractivity contribution in [1.29, 1.82) is 5.26 Å². The van der Waals surface area contributed by atoms with Crippen LogP contribution in [0.3, 0.4) is 0 Å². The van der Waals surface area contributed by atoms with Gasteiger partial charge < -0.3 is 5.73 Å². The molecule has 14 heavy (non-hydrogen) atoms. The van der Waals surface area contributed by atoms with Gasteiger partial charge in [0.05, 0.1) is 6.07 Å². The van der Waals surface area contributed by atoms with Crippen molar-refractivity contribution in [2.45, 2.75) is 12.5 Å². The number of nitriles is 1. The van der Waals surface area contributed by atoms with E-state index in [1.54, 1.807) is 11.3 Å². The lowest BCUT2D eigenvalue weighted by atomic mass is 10.1. The molecule has 4 heteroatoms. The number of likely N-dealkylation sites (N-methyl/N-ethyl adjacent to an activating group) is 1. The van der Waals surface area contributed by atoms with Crippen LogP contribution in [0.15, 0.2) is 16.8 Å². The highest BCUT2D eigenvalue weighted by Crippen LogP contribution is 2.20. The van der Waals surface area contributed by atoms with Crippen molar-refractivity contribution >= 4 is 11.3 Å². The van der Waals surface area contributed by atoms with Gasteiger partial charge in [-0.25, -0.2) is 0 Å². The van der Waals surface area contributed by atoms with Crippen molar-refractivity contribution in [2.24, 2.45) is 5.73 Å². The number of hydrogen-bond donors (Lipinski definition) is 1. The van der Waals surface area contributed by atoms with Crippen LogP contribution in [0.25, 0.3) is 0 Å². The summed E-state index contributed by atoms with van der Waals surface area (Å²) in [7, 11) is 2.01. The van der Waals surface area contributed by atoms with Crippen molar-refractivity contribution in [3.63, 3.8) is 0 Å². The molecule has 0 saturated carbocycles. The molecule has 0 radical (unpaired) electrons. The largest absolute Gasteiger partial charge is 0.329 e. The lowest BCUT2D eigenvalue weighted by Crippen LogP contribution is -2.30. The maximum atomic E-state index is 8.49. The van der Waals surface area contributed by atoms with E-state index in [1.165, 1.54) is 5.56 Å². The van der Waals surface area contributed by atoms with Gasteiger partial charge in [0, 0.05) is 25.6 Å². The second-order valence-corrected chi connectivity index (χ2v) is 3.98. The van der Waals surface area contributed by atoms with Gasteiger partial charge in [-0.1, -0.05) is 0 Å². The number of nitrogens with two attached hydrogens (primary N) is 1. The molecule has 0 amide bonds. The third-order valence-corrected chi connectivity index (χ3v) is 2.96. The Bertz CT molecular complexity index is 289. The van der Waals surface area contributed by atoms with Gasteiger partial charge in [0.1, 0.15) is 0 Å². The van der Waals surface area contributed by atoms with Crippen molar-refractivity contribution in [3.05, 3.63) is 22.4 Å². The molecular weight excluding hydrogens is 194 g/mol. The van der Waals surface area contributed by atoms with Crippen LogP contribution in [0.2, 0.25) is 0 Å². The van der Waals surface area contributed by atoms with Crippen LogP contribution in [0, 0.1) is 11.3 Å². The van der Waals surface area contributed by atoms with Gasteiger partial charge in [0.2, 0.25) is 0 Å². The van der Waals surface area contributed by atoms with E-state index in [-0.39, 0.29) is 6.04 Å². The molecule has 0 bridgehead atoms. The first kappa shape index (κ1) is 11.2. The molecule has 0 saturated heterocycles. The zero-order valence-electron chi connectivity index (χ0n) is 8.31. The molecule has 1 atom stereocenters. The molecule has 76 valence electrons. The van der Waals surface area contributed by atoms with Crippen LogP contribution in [0.5, 0.6) is 0 Å². The summed E-state index contributed by atoms with van der Waals surface area (Å²) in [6, 6.07) is 4.48. The van der Waals surface area contributed by atoms with Gasteiger partial charge in [0.25, 0.3) is 0 Å². The van der Waals surface area contributed by atoms with Gasteiger partial charge in [0.15, 0.2) is 0 Å². The topological polar surface area (TPSA) is 53.0 Å². The van der Waals surface area contributed by atoms with Crippen LogP contribution < -0.4 is 5.73 Å². The van der Waals surface area contributed by atoms with Crippen LogP contribution >= 0.6 is 11.3 Å². The predicted molar refractivity (Wildman–Crippen MR) is 59.0 cm³/mol. The Labute approximate surface area is 88.8 Å². The minimum absolute atomic E-state index is 0.245. The molecule has 0 aliphatic carbocycles. The Morgan fingerprint density at radius 2 is 2.50 bits per heavy atom. The molecule has 0 spiro atoms. The highest BCUT2D eigenvalue weighted by molar-refractivity contribution is 7.07. The van der Waals surface area contributed by atoms with Crippen molar-refractivity contribution in [1.82, 2.24) is 4.90 Å². The van der Waals surface area contributed by atoms with Crippen molar-refractivity contribution < 1.29 is 0 Å². The number of rotatable bonds is 5. The second-order valence-electron chi connectivity index (χ2n) is 3.20. The van der Waals surface area contributed by atoms with E-state index in [0.29, 0.717) is 13.0 Å². The maximum absolute atomic E-state index is 8.49. The van der Waals surface area contributed by atoms with E-state index in [1.807, 2.05) is 7.05 Å². The first-order valence-electron chi connectivity index (χ1n) is 4.59. The molecule has 2 N–H and O–H groups in total. The third kappa shape index (κ3) is 2.81. The van der Waals surface area contributed by atoms with E-state index in [4.69, 9.17) is 11.0 Å². The first-order chi connectivity index (χ1) is 6.79. The fourth-order valence-electron chi connectivity index (χ4n) is 1.42. The zero-order chi connectivity index (χ0) is 10.4. The van der Waals surface area contributed by atoms with Gasteiger partial charge in [-0.05, 0) is 29.4 Å². The fourth-order valence-corrected chi connectivity index (χ4v) is 2.12. The van der Waals surface area contributed by atoms with Gasteiger partial charge in [-0.2, -0.15) is 16.6 Å². The quantitative estimate of drug-likeness (QED) is 0.801. The number of hydrogen-bond acceptors (Lipinski definition) is 4. The normalized spacial score (nSPS) is 12.7. The Hall–Kier alpha value is -0.890. The van der Waals surface area contributed by atoms with E-state index in [2.05, 4.69) is 27.8 Å². The van der Waals surface area contributed by atoms with E-state index in [9.17, 15) is 0 Å². The zero-order valence-corrected chi connectivity index (χ0v) is 9.13. The minimum atomic E-state index is 0.245.